The highest BCUT2D eigenvalue weighted by Gasteiger charge is 2.07. The number of hydrogen-bond acceptors (Lipinski definition) is 2. The topological polar surface area (TPSA) is 57.2 Å². The number of carbonyl (C=O) groups is 1. The predicted molar refractivity (Wildman–Crippen MR) is 92.5 cm³/mol. The number of carbonyl (C=O) groups excluding carboxylic acids is 1. The van der Waals surface area contributed by atoms with Crippen LogP contribution in [0.4, 0.5) is 0 Å². The van der Waals surface area contributed by atoms with Gasteiger partial charge in [0.05, 0.1) is 11.8 Å². The standard InChI is InChI=1S/C16H12IN3O/c17-14-7-3-1-6-13(14)16(21)20-19-10-11-9-18-15-8-4-2-5-12(11)15/h1-10,18H,(H,20,21). The number of halogens is 1. The fraction of sp³-hybridized carbons (Fsp3) is 0. The Balaban J connectivity index is 1.76. The fourth-order valence-corrected chi connectivity index (χ4v) is 2.70. The number of rotatable bonds is 3. The van der Waals surface area contributed by atoms with Gasteiger partial charge in [0.15, 0.2) is 0 Å². The van der Waals surface area contributed by atoms with Crippen molar-refractivity contribution in [3.8, 4) is 0 Å². The average molecular weight is 389 g/mol. The second-order valence-corrected chi connectivity index (χ2v) is 5.63. The van der Waals surface area contributed by atoms with Gasteiger partial charge in [-0.3, -0.25) is 4.79 Å². The molecule has 0 spiro atoms. The molecule has 3 aromatic rings. The van der Waals surface area contributed by atoms with Crippen molar-refractivity contribution < 1.29 is 4.79 Å². The van der Waals surface area contributed by atoms with E-state index < -0.39 is 0 Å². The Bertz CT molecular complexity index is 823. The number of para-hydroxylation sites is 1. The molecule has 3 rings (SSSR count). The van der Waals surface area contributed by atoms with Crippen molar-refractivity contribution in [1.82, 2.24) is 10.4 Å². The highest BCUT2D eigenvalue weighted by Crippen LogP contribution is 2.15. The number of nitrogens with one attached hydrogen (secondary N) is 2. The lowest BCUT2D eigenvalue weighted by atomic mass is 10.2. The highest BCUT2D eigenvalue weighted by molar-refractivity contribution is 14.1. The number of aromatic nitrogens is 1. The minimum atomic E-state index is -0.212. The first-order valence-electron chi connectivity index (χ1n) is 6.40. The number of amides is 1. The maximum absolute atomic E-state index is 12.0. The van der Waals surface area contributed by atoms with E-state index in [9.17, 15) is 4.79 Å². The van der Waals surface area contributed by atoms with E-state index in [1.54, 1.807) is 12.3 Å². The quantitative estimate of drug-likeness (QED) is 0.402. The molecule has 1 heterocycles. The van der Waals surface area contributed by atoms with E-state index in [4.69, 9.17) is 0 Å². The van der Waals surface area contributed by atoms with Crippen LogP contribution in [0.2, 0.25) is 0 Å². The number of benzene rings is 2. The van der Waals surface area contributed by atoms with Crippen molar-refractivity contribution in [1.29, 1.82) is 0 Å². The maximum Gasteiger partial charge on any atom is 0.272 e. The molecule has 2 aromatic carbocycles. The minimum absolute atomic E-state index is 0.212. The Labute approximate surface area is 135 Å². The van der Waals surface area contributed by atoms with Crippen molar-refractivity contribution in [2.75, 3.05) is 0 Å². The van der Waals surface area contributed by atoms with E-state index in [0.717, 1.165) is 20.0 Å². The van der Waals surface area contributed by atoms with E-state index in [1.165, 1.54) is 0 Å². The van der Waals surface area contributed by atoms with E-state index in [-0.39, 0.29) is 5.91 Å². The Morgan fingerprint density at radius 3 is 2.76 bits per heavy atom. The lowest BCUT2D eigenvalue weighted by Gasteiger charge is -2.01. The van der Waals surface area contributed by atoms with Gasteiger partial charge in [-0.2, -0.15) is 5.10 Å². The molecule has 0 fully saturated rings. The minimum Gasteiger partial charge on any atom is -0.361 e. The van der Waals surface area contributed by atoms with Gasteiger partial charge >= 0.3 is 0 Å². The van der Waals surface area contributed by atoms with Gasteiger partial charge in [0.1, 0.15) is 0 Å². The van der Waals surface area contributed by atoms with Crippen LogP contribution in [0.25, 0.3) is 10.9 Å². The van der Waals surface area contributed by atoms with E-state index in [1.807, 2.05) is 48.7 Å². The molecule has 21 heavy (non-hydrogen) atoms. The predicted octanol–water partition coefficient (Wildman–Crippen LogP) is 3.54. The van der Waals surface area contributed by atoms with Crippen molar-refractivity contribution in [3.05, 3.63) is 69.4 Å². The lowest BCUT2D eigenvalue weighted by Crippen LogP contribution is -2.18. The number of hydrazone groups is 1. The summed E-state index contributed by atoms with van der Waals surface area (Å²) in [6.07, 6.45) is 3.51. The average Bonchev–Trinajstić information content (AvgIpc) is 2.91. The van der Waals surface area contributed by atoms with Crippen LogP contribution in [-0.4, -0.2) is 17.1 Å². The monoisotopic (exact) mass is 389 g/mol. The smallest absolute Gasteiger partial charge is 0.272 e. The summed E-state index contributed by atoms with van der Waals surface area (Å²) in [5.74, 6) is -0.212. The molecule has 1 aromatic heterocycles. The molecule has 0 unspecified atom stereocenters. The molecule has 1 amide bonds. The second-order valence-electron chi connectivity index (χ2n) is 4.47. The molecule has 0 aliphatic rings. The Morgan fingerprint density at radius 2 is 1.90 bits per heavy atom. The second kappa shape index (κ2) is 6.09. The number of H-pyrrole nitrogens is 1. The summed E-state index contributed by atoms with van der Waals surface area (Å²) in [5, 5.41) is 5.11. The summed E-state index contributed by atoms with van der Waals surface area (Å²) in [6, 6.07) is 15.3. The van der Waals surface area contributed by atoms with Gasteiger partial charge in [-0.05, 0) is 40.8 Å². The molecule has 4 nitrogen and oxygen atoms in total. The summed E-state index contributed by atoms with van der Waals surface area (Å²) in [7, 11) is 0. The lowest BCUT2D eigenvalue weighted by molar-refractivity contribution is 0.0954. The normalized spacial score (nSPS) is 11.1. The Morgan fingerprint density at radius 1 is 1.14 bits per heavy atom. The molecule has 0 bridgehead atoms. The molecule has 2 N–H and O–H groups in total. The van der Waals surface area contributed by atoms with Crippen molar-refractivity contribution in [2.45, 2.75) is 0 Å². The highest BCUT2D eigenvalue weighted by atomic mass is 127. The van der Waals surface area contributed by atoms with Crippen LogP contribution in [0.1, 0.15) is 15.9 Å². The molecule has 5 heteroatoms. The van der Waals surface area contributed by atoms with Gasteiger partial charge in [0.25, 0.3) is 5.91 Å². The van der Waals surface area contributed by atoms with Gasteiger partial charge in [0, 0.05) is 26.2 Å². The third-order valence-corrected chi connectivity index (χ3v) is 4.05. The van der Waals surface area contributed by atoms with Crippen molar-refractivity contribution >= 4 is 45.6 Å². The van der Waals surface area contributed by atoms with E-state index in [0.29, 0.717) is 5.56 Å². The number of aromatic amines is 1. The Kier molecular flexibility index (Phi) is 4.01. The van der Waals surface area contributed by atoms with Gasteiger partial charge in [-0.1, -0.05) is 30.3 Å². The SMILES string of the molecule is O=C(NN=Cc1c[nH]c2ccccc12)c1ccccc1I. The first-order chi connectivity index (χ1) is 10.3. The zero-order valence-electron chi connectivity index (χ0n) is 11.0. The molecule has 0 aliphatic heterocycles. The summed E-state index contributed by atoms with van der Waals surface area (Å²) in [5.41, 5.74) is 5.16. The van der Waals surface area contributed by atoms with Gasteiger partial charge in [-0.25, -0.2) is 5.43 Å². The van der Waals surface area contributed by atoms with Crippen molar-refractivity contribution in [2.24, 2.45) is 5.10 Å². The number of nitrogens with zero attached hydrogens (tertiary/aromatic N) is 1. The molecular weight excluding hydrogens is 377 g/mol. The van der Waals surface area contributed by atoms with Crippen LogP contribution in [0.15, 0.2) is 59.8 Å². The summed E-state index contributed by atoms with van der Waals surface area (Å²) < 4.78 is 0.898. The van der Waals surface area contributed by atoms with E-state index >= 15 is 0 Å². The molecule has 0 saturated carbocycles. The van der Waals surface area contributed by atoms with Crippen LogP contribution >= 0.6 is 22.6 Å². The largest absolute Gasteiger partial charge is 0.361 e. The summed E-state index contributed by atoms with van der Waals surface area (Å²) >= 11 is 2.13. The van der Waals surface area contributed by atoms with Gasteiger partial charge in [0.2, 0.25) is 0 Å². The summed E-state index contributed by atoms with van der Waals surface area (Å²) in [4.78, 5) is 15.2. The summed E-state index contributed by atoms with van der Waals surface area (Å²) in [6.45, 7) is 0. The van der Waals surface area contributed by atoms with Crippen LogP contribution in [0.3, 0.4) is 0 Å². The van der Waals surface area contributed by atoms with E-state index in [2.05, 4.69) is 38.1 Å². The molecule has 0 radical (unpaired) electrons. The first-order valence-corrected chi connectivity index (χ1v) is 7.47. The van der Waals surface area contributed by atoms with Crippen molar-refractivity contribution in [3.63, 3.8) is 0 Å². The maximum atomic E-state index is 12.0. The number of fused-ring (bicyclic) bond motifs is 1. The number of hydrogen-bond donors (Lipinski definition) is 2. The molecular formula is C16H12IN3O. The molecule has 104 valence electrons. The first kappa shape index (κ1) is 13.8. The third kappa shape index (κ3) is 2.97. The fourth-order valence-electron chi connectivity index (χ4n) is 2.07. The molecule has 0 atom stereocenters. The van der Waals surface area contributed by atoms with Crippen LogP contribution < -0.4 is 5.43 Å². The Hall–Kier alpha value is -2.15. The van der Waals surface area contributed by atoms with Crippen LogP contribution in [0.5, 0.6) is 0 Å². The third-order valence-electron chi connectivity index (χ3n) is 3.11. The van der Waals surface area contributed by atoms with Gasteiger partial charge in [-0.15, -0.1) is 0 Å². The van der Waals surface area contributed by atoms with Crippen LogP contribution in [0, 0.1) is 3.57 Å². The van der Waals surface area contributed by atoms with Gasteiger partial charge < -0.3 is 4.98 Å². The van der Waals surface area contributed by atoms with Crippen LogP contribution in [-0.2, 0) is 0 Å². The molecule has 0 aliphatic carbocycles. The zero-order valence-corrected chi connectivity index (χ0v) is 13.2. The zero-order chi connectivity index (χ0) is 14.7. The molecule has 0 saturated heterocycles.